The van der Waals surface area contributed by atoms with Crippen LogP contribution in [0.15, 0.2) is 24.3 Å². The number of halogens is 3. The van der Waals surface area contributed by atoms with Crippen LogP contribution in [0.2, 0.25) is 0 Å². The Bertz CT molecular complexity index is 722. The first-order valence-corrected chi connectivity index (χ1v) is 6.94. The Labute approximate surface area is 129 Å². The number of carbonyl (C=O) groups excluding carboxylic acids is 1. The first-order chi connectivity index (χ1) is 11.1. The Morgan fingerprint density at radius 1 is 1.17 bits per heavy atom. The molecule has 0 aliphatic carbocycles. The van der Waals surface area contributed by atoms with E-state index in [-0.39, 0.29) is 17.5 Å². The van der Waals surface area contributed by atoms with Crippen LogP contribution in [0.5, 0.6) is 5.75 Å². The standard InChI is InChI=1S/C16H12F3NO3/c17-12-2-1-9(7-21)20-16(12)15-13(18)5-11(6-14(15)19)23-10-3-4-22-8-10/h1-2,5-7,10H,3-4,8H2/t10-/m1/s1. The van der Waals surface area contributed by atoms with E-state index in [1.807, 2.05) is 0 Å². The molecular formula is C16H12F3NO3. The van der Waals surface area contributed by atoms with Crippen LogP contribution in [-0.2, 0) is 4.74 Å². The van der Waals surface area contributed by atoms with E-state index < -0.39 is 28.7 Å². The second kappa shape index (κ2) is 6.37. The molecule has 1 saturated heterocycles. The van der Waals surface area contributed by atoms with Crippen molar-refractivity contribution in [1.82, 2.24) is 4.98 Å². The van der Waals surface area contributed by atoms with Gasteiger partial charge in [-0.05, 0) is 12.1 Å². The molecule has 2 aromatic rings. The molecule has 1 aliphatic heterocycles. The number of carbonyl (C=O) groups is 1. The fraction of sp³-hybridized carbons (Fsp3) is 0.250. The molecule has 0 amide bonds. The van der Waals surface area contributed by atoms with Crippen molar-refractivity contribution in [2.45, 2.75) is 12.5 Å². The summed E-state index contributed by atoms with van der Waals surface area (Å²) in [7, 11) is 0. The van der Waals surface area contributed by atoms with Crippen molar-refractivity contribution in [2.75, 3.05) is 13.2 Å². The molecule has 1 aromatic heterocycles. The van der Waals surface area contributed by atoms with Crippen molar-refractivity contribution in [3.05, 3.63) is 47.4 Å². The quantitative estimate of drug-likeness (QED) is 0.811. The Morgan fingerprint density at radius 3 is 2.52 bits per heavy atom. The van der Waals surface area contributed by atoms with Gasteiger partial charge in [0.1, 0.15) is 40.7 Å². The third-order valence-corrected chi connectivity index (χ3v) is 3.43. The number of hydrogen-bond donors (Lipinski definition) is 0. The fourth-order valence-electron chi connectivity index (χ4n) is 2.34. The molecule has 1 atom stereocenters. The van der Waals surface area contributed by atoms with Crippen LogP contribution in [0, 0.1) is 17.5 Å². The molecule has 3 rings (SSSR count). The average molecular weight is 323 g/mol. The van der Waals surface area contributed by atoms with Crippen LogP contribution in [0.3, 0.4) is 0 Å². The number of aromatic nitrogens is 1. The van der Waals surface area contributed by atoms with Gasteiger partial charge in [-0.1, -0.05) is 0 Å². The van der Waals surface area contributed by atoms with Crippen LogP contribution >= 0.6 is 0 Å². The van der Waals surface area contributed by atoms with Gasteiger partial charge < -0.3 is 9.47 Å². The van der Waals surface area contributed by atoms with E-state index in [2.05, 4.69) is 4.98 Å². The topological polar surface area (TPSA) is 48.4 Å². The van der Waals surface area contributed by atoms with Crippen molar-refractivity contribution in [3.8, 4) is 17.0 Å². The van der Waals surface area contributed by atoms with Crippen molar-refractivity contribution >= 4 is 6.29 Å². The van der Waals surface area contributed by atoms with Gasteiger partial charge in [0, 0.05) is 18.6 Å². The lowest BCUT2D eigenvalue weighted by Crippen LogP contribution is -2.16. The molecular weight excluding hydrogens is 311 g/mol. The summed E-state index contributed by atoms with van der Waals surface area (Å²) in [6, 6.07) is 3.99. The molecule has 2 heterocycles. The van der Waals surface area contributed by atoms with E-state index in [1.54, 1.807) is 0 Å². The van der Waals surface area contributed by atoms with Gasteiger partial charge in [-0.2, -0.15) is 0 Å². The Hall–Kier alpha value is -2.41. The molecule has 1 fully saturated rings. The number of hydrogen-bond acceptors (Lipinski definition) is 4. The highest BCUT2D eigenvalue weighted by molar-refractivity contribution is 5.74. The maximum Gasteiger partial charge on any atom is 0.168 e. The largest absolute Gasteiger partial charge is 0.488 e. The highest BCUT2D eigenvalue weighted by Gasteiger charge is 2.22. The molecule has 0 saturated carbocycles. The summed E-state index contributed by atoms with van der Waals surface area (Å²) in [6.45, 7) is 0.879. The first-order valence-electron chi connectivity index (χ1n) is 6.94. The molecule has 120 valence electrons. The second-order valence-corrected chi connectivity index (χ2v) is 5.05. The lowest BCUT2D eigenvalue weighted by molar-refractivity contribution is 0.111. The summed E-state index contributed by atoms with van der Waals surface area (Å²) in [5, 5.41) is 0. The van der Waals surface area contributed by atoms with Gasteiger partial charge in [-0.3, -0.25) is 4.79 Å². The van der Waals surface area contributed by atoms with Crippen LogP contribution in [0.25, 0.3) is 11.3 Å². The molecule has 0 spiro atoms. The van der Waals surface area contributed by atoms with Crippen molar-refractivity contribution in [1.29, 1.82) is 0 Å². The average Bonchev–Trinajstić information content (AvgIpc) is 3.01. The minimum absolute atomic E-state index is 0.00815. The zero-order valence-electron chi connectivity index (χ0n) is 11.9. The van der Waals surface area contributed by atoms with Gasteiger partial charge in [0.15, 0.2) is 6.29 Å². The predicted octanol–water partition coefficient (Wildman–Crippen LogP) is 3.15. The summed E-state index contributed by atoms with van der Waals surface area (Å²) in [6.07, 6.45) is 0.728. The molecule has 7 heteroatoms. The number of rotatable bonds is 4. The highest BCUT2D eigenvalue weighted by Crippen LogP contribution is 2.31. The Kier molecular flexibility index (Phi) is 4.29. The van der Waals surface area contributed by atoms with E-state index in [0.717, 1.165) is 24.3 Å². The molecule has 1 aliphatic rings. The Balaban J connectivity index is 1.98. The number of nitrogens with zero attached hydrogens (tertiary/aromatic N) is 1. The van der Waals surface area contributed by atoms with Gasteiger partial charge >= 0.3 is 0 Å². The van der Waals surface area contributed by atoms with Crippen LogP contribution in [0.1, 0.15) is 16.9 Å². The Morgan fingerprint density at radius 2 is 1.91 bits per heavy atom. The van der Waals surface area contributed by atoms with Crippen molar-refractivity contribution < 1.29 is 27.4 Å². The third kappa shape index (κ3) is 3.19. The maximum absolute atomic E-state index is 14.2. The minimum Gasteiger partial charge on any atom is -0.488 e. The summed E-state index contributed by atoms with van der Waals surface area (Å²) in [5.41, 5.74) is -1.31. The van der Waals surface area contributed by atoms with Gasteiger partial charge in [0.25, 0.3) is 0 Å². The highest BCUT2D eigenvalue weighted by atomic mass is 19.1. The number of aldehydes is 1. The van der Waals surface area contributed by atoms with Gasteiger partial charge in [-0.25, -0.2) is 18.2 Å². The van der Waals surface area contributed by atoms with E-state index >= 15 is 0 Å². The monoisotopic (exact) mass is 323 g/mol. The minimum atomic E-state index is -1.02. The fourth-order valence-corrected chi connectivity index (χ4v) is 2.34. The lowest BCUT2D eigenvalue weighted by atomic mass is 10.1. The van der Waals surface area contributed by atoms with E-state index in [9.17, 15) is 18.0 Å². The molecule has 0 radical (unpaired) electrons. The predicted molar refractivity (Wildman–Crippen MR) is 74.8 cm³/mol. The third-order valence-electron chi connectivity index (χ3n) is 3.43. The summed E-state index contributed by atoms with van der Waals surface area (Å²) in [5.74, 6) is -2.97. The van der Waals surface area contributed by atoms with E-state index in [1.165, 1.54) is 0 Å². The van der Waals surface area contributed by atoms with Gasteiger partial charge in [-0.15, -0.1) is 0 Å². The number of benzene rings is 1. The van der Waals surface area contributed by atoms with Crippen LogP contribution < -0.4 is 4.74 Å². The summed E-state index contributed by atoms with van der Waals surface area (Å²) in [4.78, 5) is 14.3. The molecule has 4 nitrogen and oxygen atoms in total. The first kappa shape index (κ1) is 15.5. The second-order valence-electron chi connectivity index (χ2n) is 5.05. The zero-order valence-corrected chi connectivity index (χ0v) is 11.9. The molecule has 1 aromatic carbocycles. The van der Waals surface area contributed by atoms with Crippen molar-refractivity contribution in [3.63, 3.8) is 0 Å². The molecule has 0 bridgehead atoms. The molecule has 0 N–H and O–H groups in total. The normalized spacial score (nSPS) is 17.3. The number of pyridine rings is 1. The summed E-state index contributed by atoms with van der Waals surface area (Å²) < 4.78 is 52.8. The maximum atomic E-state index is 14.2. The SMILES string of the molecule is O=Cc1ccc(F)c(-c2c(F)cc(O[C@@H]3CCOC3)cc2F)n1. The van der Waals surface area contributed by atoms with Gasteiger partial charge in [0.2, 0.25) is 0 Å². The van der Waals surface area contributed by atoms with Crippen LogP contribution in [-0.4, -0.2) is 30.6 Å². The van der Waals surface area contributed by atoms with Crippen LogP contribution in [0.4, 0.5) is 13.2 Å². The number of ether oxygens (including phenoxy) is 2. The smallest absolute Gasteiger partial charge is 0.168 e. The summed E-state index contributed by atoms with van der Waals surface area (Å²) >= 11 is 0. The van der Waals surface area contributed by atoms with E-state index in [4.69, 9.17) is 9.47 Å². The van der Waals surface area contributed by atoms with E-state index in [0.29, 0.717) is 25.9 Å². The van der Waals surface area contributed by atoms with Gasteiger partial charge in [0.05, 0.1) is 18.8 Å². The molecule has 23 heavy (non-hydrogen) atoms. The molecule has 0 unspecified atom stereocenters. The van der Waals surface area contributed by atoms with Crippen molar-refractivity contribution in [2.24, 2.45) is 0 Å². The lowest BCUT2D eigenvalue weighted by Gasteiger charge is -2.14. The zero-order chi connectivity index (χ0) is 16.4.